The summed E-state index contributed by atoms with van der Waals surface area (Å²) >= 11 is 0. The standard InChI is InChI=1S/C27H34N2O/c30-27(26(22-13-7-8-14-22)21-11-5-2-6-12-21)28-25-16-15-23-18-29(19-24(23)25)17-20-9-3-1-4-10-20/h1-6,9-12,22-26H,7-8,13-19H2,(H,28,30)/t23-,24-,25-,26?/m1/s1. The number of benzene rings is 2. The summed E-state index contributed by atoms with van der Waals surface area (Å²) in [6.07, 6.45) is 7.31. The summed E-state index contributed by atoms with van der Waals surface area (Å²) < 4.78 is 0. The van der Waals surface area contributed by atoms with Crippen LogP contribution in [0, 0.1) is 17.8 Å². The van der Waals surface area contributed by atoms with Gasteiger partial charge in [0.05, 0.1) is 5.92 Å². The lowest BCUT2D eigenvalue weighted by molar-refractivity contribution is -0.124. The van der Waals surface area contributed by atoms with Crippen molar-refractivity contribution in [1.29, 1.82) is 0 Å². The maximum atomic E-state index is 13.5. The fourth-order valence-corrected chi connectivity index (χ4v) is 6.37. The number of nitrogens with one attached hydrogen (secondary N) is 1. The first-order valence-corrected chi connectivity index (χ1v) is 11.9. The van der Waals surface area contributed by atoms with Crippen molar-refractivity contribution in [1.82, 2.24) is 10.2 Å². The minimum Gasteiger partial charge on any atom is -0.352 e. The molecule has 5 rings (SSSR count). The molecule has 1 aliphatic heterocycles. The van der Waals surface area contributed by atoms with Crippen LogP contribution in [0.25, 0.3) is 0 Å². The Labute approximate surface area is 180 Å². The first kappa shape index (κ1) is 19.8. The summed E-state index contributed by atoms with van der Waals surface area (Å²) in [5, 5.41) is 3.54. The summed E-state index contributed by atoms with van der Waals surface area (Å²) in [4.78, 5) is 16.1. The van der Waals surface area contributed by atoms with Crippen molar-refractivity contribution in [2.24, 2.45) is 17.8 Å². The Kier molecular flexibility index (Phi) is 5.90. The van der Waals surface area contributed by atoms with E-state index in [9.17, 15) is 4.79 Å². The van der Waals surface area contributed by atoms with Gasteiger partial charge in [-0.3, -0.25) is 9.69 Å². The highest BCUT2D eigenvalue weighted by Gasteiger charge is 2.44. The highest BCUT2D eigenvalue weighted by Crippen LogP contribution is 2.41. The summed E-state index contributed by atoms with van der Waals surface area (Å²) in [6.45, 7) is 3.32. The fraction of sp³-hybridized carbons (Fsp3) is 0.519. The van der Waals surface area contributed by atoms with Crippen molar-refractivity contribution in [3.8, 4) is 0 Å². The van der Waals surface area contributed by atoms with Crippen molar-refractivity contribution in [2.45, 2.75) is 57.0 Å². The molecular formula is C27H34N2O. The van der Waals surface area contributed by atoms with Crippen LogP contribution in [0.15, 0.2) is 60.7 Å². The normalized spacial score (nSPS) is 27.8. The molecule has 0 aromatic heterocycles. The molecule has 1 saturated heterocycles. The summed E-state index contributed by atoms with van der Waals surface area (Å²) in [7, 11) is 0. The van der Waals surface area contributed by atoms with E-state index in [4.69, 9.17) is 0 Å². The first-order valence-electron chi connectivity index (χ1n) is 11.9. The number of rotatable bonds is 6. The third-order valence-corrected chi connectivity index (χ3v) is 7.82. The smallest absolute Gasteiger partial charge is 0.228 e. The molecule has 4 atom stereocenters. The number of carbonyl (C=O) groups is 1. The second-order valence-corrected chi connectivity index (χ2v) is 9.73. The topological polar surface area (TPSA) is 32.3 Å². The molecule has 3 aliphatic rings. The van der Waals surface area contributed by atoms with Gasteiger partial charge in [0.1, 0.15) is 0 Å². The van der Waals surface area contributed by atoms with E-state index in [0.29, 0.717) is 17.9 Å². The third-order valence-electron chi connectivity index (χ3n) is 7.82. The quantitative estimate of drug-likeness (QED) is 0.738. The fourth-order valence-electron chi connectivity index (χ4n) is 6.37. The van der Waals surface area contributed by atoms with Gasteiger partial charge >= 0.3 is 0 Å². The monoisotopic (exact) mass is 402 g/mol. The minimum absolute atomic E-state index is 0.0228. The maximum absolute atomic E-state index is 13.5. The van der Waals surface area contributed by atoms with Gasteiger partial charge in [0.25, 0.3) is 0 Å². The molecule has 1 N–H and O–H groups in total. The highest BCUT2D eigenvalue weighted by atomic mass is 16.2. The molecule has 1 heterocycles. The van der Waals surface area contributed by atoms with Gasteiger partial charge in [0.2, 0.25) is 5.91 Å². The third kappa shape index (κ3) is 4.18. The number of amides is 1. The Morgan fingerprint density at radius 2 is 1.60 bits per heavy atom. The zero-order valence-electron chi connectivity index (χ0n) is 17.9. The molecule has 2 aliphatic carbocycles. The maximum Gasteiger partial charge on any atom is 0.228 e. The van der Waals surface area contributed by atoms with Gasteiger partial charge in [-0.25, -0.2) is 0 Å². The second-order valence-electron chi connectivity index (χ2n) is 9.73. The molecule has 0 bridgehead atoms. The van der Waals surface area contributed by atoms with E-state index < -0.39 is 0 Å². The number of hydrogen-bond donors (Lipinski definition) is 1. The molecule has 0 spiro atoms. The van der Waals surface area contributed by atoms with E-state index in [1.54, 1.807) is 0 Å². The Morgan fingerprint density at radius 3 is 2.33 bits per heavy atom. The Morgan fingerprint density at radius 1 is 0.900 bits per heavy atom. The van der Waals surface area contributed by atoms with Gasteiger partial charge in [0, 0.05) is 25.7 Å². The van der Waals surface area contributed by atoms with Gasteiger partial charge in [-0.05, 0) is 54.6 Å². The van der Waals surface area contributed by atoms with Gasteiger partial charge in [-0.1, -0.05) is 73.5 Å². The van der Waals surface area contributed by atoms with Crippen molar-refractivity contribution in [2.75, 3.05) is 13.1 Å². The molecular weight excluding hydrogens is 368 g/mol. The number of nitrogens with zero attached hydrogens (tertiary/aromatic N) is 1. The summed E-state index contributed by atoms with van der Waals surface area (Å²) in [5.74, 6) is 2.15. The average Bonchev–Trinajstić information content (AvgIpc) is 3.50. The first-order chi connectivity index (χ1) is 14.8. The van der Waals surface area contributed by atoms with Crippen LogP contribution in [0.1, 0.15) is 55.6 Å². The van der Waals surface area contributed by atoms with Crippen LogP contribution in [0.3, 0.4) is 0 Å². The molecule has 1 unspecified atom stereocenters. The van der Waals surface area contributed by atoms with Crippen molar-refractivity contribution >= 4 is 5.91 Å². The van der Waals surface area contributed by atoms with Crippen LogP contribution >= 0.6 is 0 Å². The molecule has 30 heavy (non-hydrogen) atoms. The average molecular weight is 403 g/mol. The van der Waals surface area contributed by atoms with Crippen LogP contribution in [0.2, 0.25) is 0 Å². The van der Waals surface area contributed by atoms with Gasteiger partial charge in [0.15, 0.2) is 0 Å². The van der Waals surface area contributed by atoms with Crippen LogP contribution in [-0.2, 0) is 11.3 Å². The number of likely N-dealkylation sites (tertiary alicyclic amines) is 1. The molecule has 0 radical (unpaired) electrons. The SMILES string of the molecule is O=C(N[C@@H]1CC[C@@H]2CN(Cc3ccccc3)C[C@H]21)C(c1ccccc1)C1CCCC1. The van der Waals surface area contributed by atoms with Gasteiger partial charge < -0.3 is 5.32 Å². The summed E-state index contributed by atoms with van der Waals surface area (Å²) in [6, 6.07) is 21.6. The van der Waals surface area contributed by atoms with E-state index in [1.165, 1.54) is 49.8 Å². The minimum atomic E-state index is 0.0228. The van der Waals surface area contributed by atoms with Crippen molar-refractivity contribution in [3.63, 3.8) is 0 Å². The highest BCUT2D eigenvalue weighted by molar-refractivity contribution is 5.84. The predicted molar refractivity (Wildman–Crippen MR) is 121 cm³/mol. The summed E-state index contributed by atoms with van der Waals surface area (Å²) in [5.41, 5.74) is 2.59. The second kappa shape index (κ2) is 8.93. The van der Waals surface area contributed by atoms with Crippen LogP contribution in [0.5, 0.6) is 0 Å². The lowest BCUT2D eigenvalue weighted by Gasteiger charge is -2.27. The number of fused-ring (bicyclic) bond motifs is 1. The van der Waals surface area contributed by atoms with Crippen LogP contribution in [0.4, 0.5) is 0 Å². The Balaban J connectivity index is 1.25. The zero-order valence-corrected chi connectivity index (χ0v) is 17.9. The molecule has 2 aromatic carbocycles. The molecule has 3 fully saturated rings. The largest absolute Gasteiger partial charge is 0.352 e. The molecule has 3 nitrogen and oxygen atoms in total. The van der Waals surface area contributed by atoms with Crippen molar-refractivity contribution in [3.05, 3.63) is 71.8 Å². The van der Waals surface area contributed by atoms with E-state index in [-0.39, 0.29) is 11.8 Å². The molecule has 2 saturated carbocycles. The number of carbonyl (C=O) groups excluding carboxylic acids is 1. The van der Waals surface area contributed by atoms with Gasteiger partial charge in [-0.2, -0.15) is 0 Å². The molecule has 1 amide bonds. The predicted octanol–water partition coefficient (Wildman–Crippen LogP) is 4.99. The van der Waals surface area contributed by atoms with Crippen LogP contribution < -0.4 is 5.32 Å². The van der Waals surface area contributed by atoms with E-state index in [2.05, 4.69) is 70.9 Å². The van der Waals surface area contributed by atoms with E-state index in [0.717, 1.165) is 25.4 Å². The lowest BCUT2D eigenvalue weighted by Crippen LogP contribution is -2.43. The molecule has 158 valence electrons. The van der Waals surface area contributed by atoms with E-state index in [1.807, 2.05) is 0 Å². The van der Waals surface area contributed by atoms with Crippen molar-refractivity contribution < 1.29 is 4.79 Å². The molecule has 3 heteroatoms. The zero-order chi connectivity index (χ0) is 20.3. The van der Waals surface area contributed by atoms with Gasteiger partial charge in [-0.15, -0.1) is 0 Å². The Bertz CT molecular complexity index is 830. The lowest BCUT2D eigenvalue weighted by atomic mass is 9.83. The number of hydrogen-bond acceptors (Lipinski definition) is 2. The van der Waals surface area contributed by atoms with Crippen LogP contribution in [-0.4, -0.2) is 29.9 Å². The Hall–Kier alpha value is -2.13. The molecule has 2 aromatic rings. The van der Waals surface area contributed by atoms with E-state index >= 15 is 0 Å².